The van der Waals surface area contributed by atoms with Crippen molar-refractivity contribution in [2.45, 2.75) is 32.5 Å². The van der Waals surface area contributed by atoms with Crippen LogP contribution in [0.2, 0.25) is 0 Å². The van der Waals surface area contributed by atoms with Gasteiger partial charge in [-0.15, -0.1) is 0 Å². The Bertz CT molecular complexity index is 522. The summed E-state index contributed by atoms with van der Waals surface area (Å²) in [5.74, 6) is -2.33. The molecule has 0 aliphatic heterocycles. The molecule has 0 radical (unpaired) electrons. The van der Waals surface area contributed by atoms with Crippen molar-refractivity contribution >= 4 is 5.91 Å². The maximum Gasteiger partial charge on any atom is 0.419 e. The molecule has 0 heterocycles. The van der Waals surface area contributed by atoms with Crippen LogP contribution < -0.4 is 5.32 Å². The van der Waals surface area contributed by atoms with Crippen molar-refractivity contribution in [3.63, 3.8) is 0 Å². The molecule has 1 saturated carbocycles. The number of nitrogens with one attached hydrogen (secondary N) is 1. The van der Waals surface area contributed by atoms with Gasteiger partial charge in [-0.1, -0.05) is 19.9 Å². The molecule has 6 heteroatoms. The highest BCUT2D eigenvalue weighted by atomic mass is 19.4. The molecule has 1 aromatic rings. The SMILES string of the molecule is CC1(C)CC1NC(=O)c1cccc(C(F)(F)F)c1F. The quantitative estimate of drug-likeness (QED) is 0.824. The van der Waals surface area contributed by atoms with Gasteiger partial charge in [0.2, 0.25) is 0 Å². The number of benzene rings is 1. The molecule has 1 aliphatic rings. The number of carbonyl (C=O) groups excluding carboxylic acids is 1. The minimum Gasteiger partial charge on any atom is -0.349 e. The predicted octanol–water partition coefficient (Wildman–Crippen LogP) is 3.37. The van der Waals surface area contributed by atoms with Gasteiger partial charge in [0.15, 0.2) is 0 Å². The van der Waals surface area contributed by atoms with Gasteiger partial charge < -0.3 is 5.32 Å². The van der Waals surface area contributed by atoms with Gasteiger partial charge in [-0.25, -0.2) is 4.39 Å². The van der Waals surface area contributed by atoms with Crippen LogP contribution in [0.5, 0.6) is 0 Å². The molecule has 2 rings (SSSR count). The van der Waals surface area contributed by atoms with Crippen molar-refractivity contribution in [3.8, 4) is 0 Å². The van der Waals surface area contributed by atoms with Gasteiger partial charge in [0.1, 0.15) is 5.82 Å². The Balaban J connectivity index is 2.23. The van der Waals surface area contributed by atoms with Crippen molar-refractivity contribution in [1.29, 1.82) is 0 Å². The molecular weight excluding hydrogens is 262 g/mol. The van der Waals surface area contributed by atoms with Crippen LogP contribution >= 0.6 is 0 Å². The van der Waals surface area contributed by atoms with E-state index in [0.717, 1.165) is 18.6 Å². The van der Waals surface area contributed by atoms with E-state index in [1.54, 1.807) is 0 Å². The molecule has 19 heavy (non-hydrogen) atoms. The highest BCUT2D eigenvalue weighted by molar-refractivity contribution is 5.95. The summed E-state index contributed by atoms with van der Waals surface area (Å²) in [6.07, 6.45) is -4.07. The van der Waals surface area contributed by atoms with Gasteiger partial charge in [0.25, 0.3) is 5.91 Å². The molecule has 104 valence electrons. The van der Waals surface area contributed by atoms with Gasteiger partial charge in [-0.2, -0.15) is 13.2 Å². The van der Waals surface area contributed by atoms with Gasteiger partial charge in [0.05, 0.1) is 11.1 Å². The minimum atomic E-state index is -4.81. The van der Waals surface area contributed by atoms with Gasteiger partial charge in [-0.3, -0.25) is 4.79 Å². The van der Waals surface area contributed by atoms with Crippen LogP contribution in [0.1, 0.15) is 36.2 Å². The highest BCUT2D eigenvalue weighted by Crippen LogP contribution is 2.44. The fraction of sp³-hybridized carbons (Fsp3) is 0.462. The summed E-state index contributed by atoms with van der Waals surface area (Å²) in [6.45, 7) is 3.83. The van der Waals surface area contributed by atoms with E-state index in [1.807, 2.05) is 13.8 Å². The highest BCUT2D eigenvalue weighted by Gasteiger charge is 2.47. The van der Waals surface area contributed by atoms with E-state index >= 15 is 0 Å². The van der Waals surface area contributed by atoms with E-state index < -0.39 is 29.0 Å². The Labute approximate surface area is 107 Å². The van der Waals surface area contributed by atoms with Crippen LogP contribution in [0.4, 0.5) is 17.6 Å². The second-order valence-electron chi connectivity index (χ2n) is 5.38. The maximum atomic E-state index is 13.7. The number of alkyl halides is 3. The summed E-state index contributed by atoms with van der Waals surface area (Å²) in [7, 11) is 0. The largest absolute Gasteiger partial charge is 0.419 e. The number of rotatable bonds is 2. The zero-order chi connectivity index (χ0) is 14.4. The molecule has 1 atom stereocenters. The van der Waals surface area contributed by atoms with Crippen molar-refractivity contribution in [3.05, 3.63) is 35.1 Å². The molecule has 0 spiro atoms. The summed E-state index contributed by atoms with van der Waals surface area (Å²) >= 11 is 0. The van der Waals surface area contributed by atoms with Crippen LogP contribution in [-0.2, 0) is 6.18 Å². The third-order valence-electron chi connectivity index (χ3n) is 3.37. The lowest BCUT2D eigenvalue weighted by atomic mass is 10.1. The van der Waals surface area contributed by atoms with Gasteiger partial charge >= 0.3 is 6.18 Å². The number of hydrogen-bond acceptors (Lipinski definition) is 1. The van der Waals surface area contributed by atoms with Gasteiger partial charge in [0, 0.05) is 6.04 Å². The Morgan fingerprint density at radius 3 is 2.42 bits per heavy atom. The molecule has 0 saturated heterocycles. The molecule has 0 aromatic heterocycles. The second kappa shape index (κ2) is 4.21. The molecule has 2 nitrogen and oxygen atoms in total. The first-order valence-corrected chi connectivity index (χ1v) is 5.79. The summed E-state index contributed by atoms with van der Waals surface area (Å²) in [5, 5.41) is 2.53. The van der Waals surface area contributed by atoms with Crippen molar-refractivity contribution in [2.24, 2.45) is 5.41 Å². The molecule has 1 N–H and O–H groups in total. The fourth-order valence-electron chi connectivity index (χ4n) is 1.88. The van der Waals surface area contributed by atoms with Gasteiger partial charge in [-0.05, 0) is 24.0 Å². The zero-order valence-electron chi connectivity index (χ0n) is 10.4. The third kappa shape index (κ3) is 2.72. The average Bonchev–Trinajstić information content (AvgIpc) is 2.84. The first kappa shape index (κ1) is 13.8. The average molecular weight is 275 g/mol. The van der Waals surface area contributed by atoms with E-state index in [9.17, 15) is 22.4 Å². The van der Waals surface area contributed by atoms with Crippen molar-refractivity contribution in [2.75, 3.05) is 0 Å². The topological polar surface area (TPSA) is 29.1 Å². The number of amides is 1. The summed E-state index contributed by atoms with van der Waals surface area (Å²) in [4.78, 5) is 11.8. The third-order valence-corrected chi connectivity index (χ3v) is 3.37. The van der Waals surface area contributed by atoms with E-state index in [-0.39, 0.29) is 11.5 Å². The van der Waals surface area contributed by atoms with Crippen molar-refractivity contribution in [1.82, 2.24) is 5.32 Å². The molecule has 1 aliphatic carbocycles. The number of carbonyl (C=O) groups is 1. The molecular formula is C13H13F4NO. The lowest BCUT2D eigenvalue weighted by Gasteiger charge is -2.12. The maximum absolute atomic E-state index is 13.7. The first-order chi connectivity index (χ1) is 8.63. The summed E-state index contributed by atoms with van der Waals surface area (Å²) in [5.41, 5.74) is -2.07. The zero-order valence-corrected chi connectivity index (χ0v) is 10.4. The molecule has 1 fully saturated rings. The first-order valence-electron chi connectivity index (χ1n) is 5.79. The van der Waals surface area contributed by atoms with E-state index in [1.165, 1.54) is 0 Å². The molecule has 1 aromatic carbocycles. The van der Waals surface area contributed by atoms with E-state index in [0.29, 0.717) is 6.07 Å². The fourth-order valence-corrected chi connectivity index (χ4v) is 1.88. The Hall–Kier alpha value is -1.59. The Morgan fingerprint density at radius 1 is 1.37 bits per heavy atom. The van der Waals surface area contributed by atoms with E-state index in [2.05, 4.69) is 5.32 Å². The Kier molecular flexibility index (Phi) is 3.07. The second-order valence-corrected chi connectivity index (χ2v) is 5.38. The van der Waals surface area contributed by atoms with Crippen molar-refractivity contribution < 1.29 is 22.4 Å². The summed E-state index contributed by atoms with van der Waals surface area (Å²) in [6, 6.07) is 2.58. The van der Waals surface area contributed by atoms with E-state index in [4.69, 9.17) is 0 Å². The van der Waals surface area contributed by atoms with Crippen LogP contribution in [-0.4, -0.2) is 11.9 Å². The number of halogens is 4. The van der Waals surface area contributed by atoms with Crippen LogP contribution in [0.15, 0.2) is 18.2 Å². The van der Waals surface area contributed by atoms with Crippen LogP contribution in [0.25, 0.3) is 0 Å². The smallest absolute Gasteiger partial charge is 0.349 e. The normalized spacial score (nSPS) is 21.1. The molecule has 1 amide bonds. The minimum absolute atomic E-state index is 0.0756. The lowest BCUT2D eigenvalue weighted by molar-refractivity contribution is -0.140. The standard InChI is InChI=1S/C13H13F4NO/c1-12(2)6-9(12)18-11(19)7-4-3-5-8(10(7)14)13(15,16)17/h3-5,9H,6H2,1-2H3,(H,18,19). The monoisotopic (exact) mass is 275 g/mol. The van der Waals surface area contributed by atoms with Crippen LogP contribution in [0, 0.1) is 11.2 Å². The predicted molar refractivity (Wildman–Crippen MR) is 61.1 cm³/mol. The summed E-state index contributed by atoms with van der Waals surface area (Å²) < 4.78 is 51.3. The molecule has 0 bridgehead atoms. The Morgan fingerprint density at radius 2 is 1.95 bits per heavy atom. The number of hydrogen-bond donors (Lipinski definition) is 1. The lowest BCUT2D eigenvalue weighted by Crippen LogP contribution is -2.29. The van der Waals surface area contributed by atoms with Crippen LogP contribution in [0.3, 0.4) is 0 Å². The molecule has 1 unspecified atom stereocenters.